The van der Waals surface area contributed by atoms with E-state index < -0.39 is 5.56 Å². The van der Waals surface area contributed by atoms with Gasteiger partial charge in [0.05, 0.1) is 17.6 Å². The first-order valence-electron chi connectivity index (χ1n) is 9.74. The molecular weight excluding hydrogens is 404 g/mol. The summed E-state index contributed by atoms with van der Waals surface area (Å²) >= 11 is 0. The number of ether oxygens (including phenoxy) is 1. The van der Waals surface area contributed by atoms with E-state index in [4.69, 9.17) is 4.74 Å². The van der Waals surface area contributed by atoms with Gasteiger partial charge in [0, 0.05) is 11.8 Å². The SMILES string of the molecule is N#Cc1c(-c2ccccc2)nc(NN=Cc2cccc(OCc3ccccn3)c2)[nH]c1=O. The third kappa shape index (κ3) is 5.04. The number of aromatic nitrogens is 3. The predicted octanol–water partition coefficient (Wildman–Crippen LogP) is 3.73. The van der Waals surface area contributed by atoms with Crippen LogP contribution in [0.2, 0.25) is 0 Å². The minimum Gasteiger partial charge on any atom is -0.487 e. The topological polar surface area (TPSA) is 116 Å². The highest BCUT2D eigenvalue weighted by molar-refractivity contribution is 5.80. The van der Waals surface area contributed by atoms with Crippen molar-refractivity contribution in [1.82, 2.24) is 15.0 Å². The Balaban J connectivity index is 1.48. The fourth-order valence-corrected chi connectivity index (χ4v) is 2.93. The molecule has 32 heavy (non-hydrogen) atoms. The van der Waals surface area contributed by atoms with Gasteiger partial charge in [0.15, 0.2) is 0 Å². The van der Waals surface area contributed by atoms with Crippen LogP contribution in [0.4, 0.5) is 5.95 Å². The zero-order valence-electron chi connectivity index (χ0n) is 16.9. The number of aromatic amines is 1. The van der Waals surface area contributed by atoms with Crippen LogP contribution in [0.1, 0.15) is 16.8 Å². The van der Waals surface area contributed by atoms with Crippen LogP contribution in [-0.4, -0.2) is 21.2 Å². The number of rotatable bonds is 7. The maximum absolute atomic E-state index is 12.3. The molecule has 0 saturated heterocycles. The van der Waals surface area contributed by atoms with Gasteiger partial charge in [-0.05, 0) is 29.8 Å². The Kier molecular flexibility index (Phi) is 6.29. The molecule has 0 aliphatic carbocycles. The molecule has 0 spiro atoms. The molecule has 2 heterocycles. The lowest BCUT2D eigenvalue weighted by Gasteiger charge is -2.07. The summed E-state index contributed by atoms with van der Waals surface area (Å²) < 4.78 is 5.77. The Morgan fingerprint density at radius 1 is 1.09 bits per heavy atom. The molecule has 0 amide bonds. The van der Waals surface area contributed by atoms with E-state index in [0.29, 0.717) is 23.6 Å². The molecule has 0 radical (unpaired) electrons. The van der Waals surface area contributed by atoms with Crippen molar-refractivity contribution in [1.29, 1.82) is 5.26 Å². The molecule has 156 valence electrons. The van der Waals surface area contributed by atoms with E-state index >= 15 is 0 Å². The molecule has 0 atom stereocenters. The van der Waals surface area contributed by atoms with E-state index in [1.165, 1.54) is 0 Å². The standard InChI is InChI=1S/C24H18N6O2/c25-14-21-22(18-8-2-1-3-9-18)28-24(29-23(21)31)30-27-15-17-7-6-11-20(13-17)32-16-19-10-4-5-12-26-19/h1-13,15H,16H2,(H2,28,29,30,31). The molecule has 0 fully saturated rings. The largest absolute Gasteiger partial charge is 0.487 e. The van der Waals surface area contributed by atoms with E-state index in [-0.39, 0.29) is 11.5 Å². The molecule has 0 unspecified atom stereocenters. The summed E-state index contributed by atoms with van der Waals surface area (Å²) in [5.41, 5.74) is 4.70. The Bertz CT molecular complexity index is 1330. The molecular formula is C24H18N6O2. The Labute approximate surface area is 183 Å². The summed E-state index contributed by atoms with van der Waals surface area (Å²) in [4.78, 5) is 23.4. The van der Waals surface area contributed by atoms with Crippen LogP contribution in [0.25, 0.3) is 11.3 Å². The highest BCUT2D eigenvalue weighted by atomic mass is 16.5. The Morgan fingerprint density at radius 3 is 2.72 bits per heavy atom. The molecule has 0 aliphatic heterocycles. The molecule has 8 heteroatoms. The lowest BCUT2D eigenvalue weighted by molar-refractivity contribution is 0.301. The highest BCUT2D eigenvalue weighted by Gasteiger charge is 2.12. The molecule has 0 bridgehead atoms. The lowest BCUT2D eigenvalue weighted by Crippen LogP contribution is -2.16. The van der Waals surface area contributed by atoms with E-state index in [2.05, 4.69) is 25.5 Å². The third-order valence-electron chi connectivity index (χ3n) is 4.43. The summed E-state index contributed by atoms with van der Waals surface area (Å²) in [5.74, 6) is 0.808. The number of nitrogens with one attached hydrogen (secondary N) is 2. The van der Waals surface area contributed by atoms with Gasteiger partial charge in [-0.1, -0.05) is 48.5 Å². The second-order valence-electron chi connectivity index (χ2n) is 6.67. The first-order chi connectivity index (χ1) is 15.7. The molecule has 2 aromatic heterocycles. The van der Waals surface area contributed by atoms with Gasteiger partial charge in [-0.15, -0.1) is 0 Å². The Morgan fingerprint density at radius 2 is 1.94 bits per heavy atom. The van der Waals surface area contributed by atoms with Crippen molar-refractivity contribution < 1.29 is 4.74 Å². The fraction of sp³-hybridized carbons (Fsp3) is 0.0417. The third-order valence-corrected chi connectivity index (χ3v) is 4.43. The average molecular weight is 422 g/mol. The average Bonchev–Trinajstić information content (AvgIpc) is 2.84. The smallest absolute Gasteiger partial charge is 0.270 e. The monoisotopic (exact) mass is 422 g/mol. The molecule has 4 aromatic rings. The van der Waals surface area contributed by atoms with Gasteiger partial charge in [-0.3, -0.25) is 14.8 Å². The minimum absolute atomic E-state index is 0.0523. The Hall–Kier alpha value is -4.77. The summed E-state index contributed by atoms with van der Waals surface area (Å²) in [6.07, 6.45) is 3.30. The van der Waals surface area contributed by atoms with Crippen molar-refractivity contribution in [2.75, 3.05) is 5.43 Å². The second-order valence-corrected chi connectivity index (χ2v) is 6.67. The van der Waals surface area contributed by atoms with Crippen LogP contribution in [0, 0.1) is 11.3 Å². The first kappa shape index (κ1) is 20.5. The van der Waals surface area contributed by atoms with Gasteiger partial charge < -0.3 is 4.74 Å². The van der Waals surface area contributed by atoms with Gasteiger partial charge in [-0.25, -0.2) is 10.4 Å². The van der Waals surface area contributed by atoms with Crippen molar-refractivity contribution in [3.63, 3.8) is 0 Å². The summed E-state index contributed by atoms with van der Waals surface area (Å²) in [5, 5.41) is 13.5. The van der Waals surface area contributed by atoms with Crippen LogP contribution in [-0.2, 0) is 6.61 Å². The maximum atomic E-state index is 12.3. The van der Waals surface area contributed by atoms with Gasteiger partial charge in [-0.2, -0.15) is 10.4 Å². The summed E-state index contributed by atoms with van der Waals surface area (Å²) in [6, 6.07) is 24.0. The van der Waals surface area contributed by atoms with E-state index in [1.54, 1.807) is 24.5 Å². The van der Waals surface area contributed by atoms with Crippen LogP contribution >= 0.6 is 0 Å². The molecule has 0 aliphatic rings. The van der Waals surface area contributed by atoms with Gasteiger partial charge in [0.25, 0.3) is 5.56 Å². The van der Waals surface area contributed by atoms with Crippen LogP contribution < -0.4 is 15.7 Å². The number of H-pyrrole nitrogens is 1. The second kappa shape index (κ2) is 9.82. The van der Waals surface area contributed by atoms with Crippen LogP contribution in [0.3, 0.4) is 0 Å². The van der Waals surface area contributed by atoms with Crippen LogP contribution in [0.15, 0.2) is 88.9 Å². The van der Waals surface area contributed by atoms with Crippen LogP contribution in [0.5, 0.6) is 5.75 Å². The minimum atomic E-state index is -0.538. The number of anilines is 1. The molecule has 2 N–H and O–H groups in total. The van der Waals surface area contributed by atoms with Crippen molar-refractivity contribution in [3.8, 4) is 23.1 Å². The van der Waals surface area contributed by atoms with E-state index in [0.717, 1.165) is 11.3 Å². The lowest BCUT2D eigenvalue weighted by atomic mass is 10.1. The number of pyridine rings is 1. The first-order valence-corrected chi connectivity index (χ1v) is 9.74. The normalized spacial score (nSPS) is 10.6. The maximum Gasteiger partial charge on any atom is 0.270 e. The summed E-state index contributed by atoms with van der Waals surface area (Å²) in [6.45, 7) is 0.359. The predicted molar refractivity (Wildman–Crippen MR) is 121 cm³/mol. The molecule has 0 saturated carbocycles. The van der Waals surface area contributed by atoms with E-state index in [1.807, 2.05) is 66.7 Å². The quantitative estimate of drug-likeness (QED) is 0.346. The summed E-state index contributed by atoms with van der Waals surface area (Å²) in [7, 11) is 0. The number of hydrogen-bond donors (Lipinski definition) is 2. The van der Waals surface area contributed by atoms with Gasteiger partial charge >= 0.3 is 0 Å². The van der Waals surface area contributed by atoms with E-state index in [9.17, 15) is 10.1 Å². The number of hydrogen-bond acceptors (Lipinski definition) is 7. The van der Waals surface area contributed by atoms with Crippen molar-refractivity contribution in [2.45, 2.75) is 6.61 Å². The molecule has 4 rings (SSSR count). The van der Waals surface area contributed by atoms with Crippen molar-refractivity contribution in [3.05, 3.63) is 106 Å². The number of nitrogens with zero attached hydrogens (tertiary/aromatic N) is 4. The number of nitriles is 1. The van der Waals surface area contributed by atoms with Crippen molar-refractivity contribution >= 4 is 12.2 Å². The zero-order chi connectivity index (χ0) is 22.2. The van der Waals surface area contributed by atoms with Crippen molar-refractivity contribution in [2.24, 2.45) is 5.10 Å². The zero-order valence-corrected chi connectivity index (χ0v) is 16.9. The number of hydrazone groups is 1. The fourth-order valence-electron chi connectivity index (χ4n) is 2.93. The highest BCUT2D eigenvalue weighted by Crippen LogP contribution is 2.19. The van der Waals surface area contributed by atoms with Gasteiger partial charge in [0.2, 0.25) is 5.95 Å². The van der Waals surface area contributed by atoms with Gasteiger partial charge in [0.1, 0.15) is 24.0 Å². The number of benzene rings is 2. The molecule has 8 nitrogen and oxygen atoms in total. The molecule has 2 aromatic carbocycles.